The van der Waals surface area contributed by atoms with Gasteiger partial charge in [0.1, 0.15) is 0 Å². The van der Waals surface area contributed by atoms with Crippen molar-refractivity contribution in [2.75, 3.05) is 5.32 Å². The number of ether oxygens (including phenoxy) is 1. The summed E-state index contributed by atoms with van der Waals surface area (Å²) in [7, 11) is 0. The molecule has 2 aromatic carbocycles. The molecule has 116 valence electrons. The maximum absolute atomic E-state index is 11.8. The number of nitrogens with one attached hydrogen (secondary N) is 1. The number of rotatable bonds is 4. The largest absolute Gasteiger partial charge is 0.442 e. The zero-order valence-corrected chi connectivity index (χ0v) is 12.5. The Hall–Kier alpha value is -2.86. The van der Waals surface area contributed by atoms with Crippen LogP contribution in [0.2, 0.25) is 5.02 Å². The Balaban J connectivity index is 1.91. The van der Waals surface area contributed by atoms with Crippen LogP contribution in [0.25, 0.3) is 0 Å². The number of hydrogen-bond donors (Lipinski definition) is 1. The number of hydrogen-bond acceptors (Lipinski definition) is 5. The summed E-state index contributed by atoms with van der Waals surface area (Å²) in [5.41, 5.74) is 1.21. The second-order valence-corrected chi connectivity index (χ2v) is 5.29. The third-order valence-electron chi connectivity index (χ3n) is 3.40. The maximum atomic E-state index is 11.8. The third-order valence-corrected chi connectivity index (χ3v) is 3.65. The minimum Gasteiger partial charge on any atom is -0.442 e. The van der Waals surface area contributed by atoms with Crippen LogP contribution in [0.5, 0.6) is 0 Å². The van der Waals surface area contributed by atoms with Gasteiger partial charge in [0.25, 0.3) is 0 Å². The van der Waals surface area contributed by atoms with Crippen LogP contribution in [0, 0.1) is 10.1 Å². The van der Waals surface area contributed by atoms with Gasteiger partial charge in [0.2, 0.25) is 6.10 Å². The summed E-state index contributed by atoms with van der Waals surface area (Å²) in [5, 5.41) is 14.7. The lowest BCUT2D eigenvalue weighted by molar-refractivity contribution is -0.436. The monoisotopic (exact) mass is 330 g/mol. The lowest BCUT2D eigenvalue weighted by Gasteiger charge is -2.08. The van der Waals surface area contributed by atoms with Gasteiger partial charge >= 0.3 is 11.7 Å². The van der Waals surface area contributed by atoms with E-state index in [4.69, 9.17) is 16.3 Å². The van der Waals surface area contributed by atoms with E-state index in [0.717, 1.165) is 0 Å². The van der Waals surface area contributed by atoms with E-state index in [1.165, 1.54) is 6.20 Å². The van der Waals surface area contributed by atoms with Crippen molar-refractivity contribution in [3.05, 3.63) is 86.7 Å². The van der Waals surface area contributed by atoms with E-state index in [2.05, 4.69) is 5.32 Å². The molecule has 1 atom stereocenters. The van der Waals surface area contributed by atoms with Crippen molar-refractivity contribution in [2.45, 2.75) is 6.10 Å². The Morgan fingerprint density at radius 1 is 1.22 bits per heavy atom. The molecular formula is C16H11ClN2O4. The molecule has 3 rings (SSSR count). The average molecular weight is 331 g/mol. The fourth-order valence-electron chi connectivity index (χ4n) is 2.29. The summed E-state index contributed by atoms with van der Waals surface area (Å²) >= 11 is 5.79. The van der Waals surface area contributed by atoms with Crippen LogP contribution in [0.15, 0.2) is 60.4 Å². The van der Waals surface area contributed by atoms with E-state index in [-0.39, 0.29) is 5.70 Å². The third kappa shape index (κ3) is 3.02. The number of carbonyl (C=O) groups is 1. The van der Waals surface area contributed by atoms with Crippen molar-refractivity contribution in [3.63, 3.8) is 0 Å². The number of nitrogens with zero attached hydrogens (tertiary/aromatic N) is 1. The summed E-state index contributed by atoms with van der Waals surface area (Å²) in [6.07, 6.45) is 0.192. The van der Waals surface area contributed by atoms with Crippen LogP contribution < -0.4 is 5.32 Å². The number of cyclic esters (lactones) is 1. The maximum Gasteiger partial charge on any atom is 0.339 e. The summed E-state index contributed by atoms with van der Waals surface area (Å²) in [5.74, 6) is -0.565. The first-order valence-corrected chi connectivity index (χ1v) is 7.10. The molecule has 6 nitrogen and oxygen atoms in total. The molecule has 1 heterocycles. The number of halogens is 1. The van der Waals surface area contributed by atoms with E-state index >= 15 is 0 Å². The Kier molecular flexibility index (Phi) is 3.99. The molecule has 0 fully saturated rings. The van der Waals surface area contributed by atoms with Crippen LogP contribution in [0.1, 0.15) is 22.0 Å². The Morgan fingerprint density at radius 2 is 1.91 bits per heavy atom. The van der Waals surface area contributed by atoms with E-state index in [1.807, 2.05) is 0 Å². The van der Waals surface area contributed by atoms with E-state index < -0.39 is 17.0 Å². The lowest BCUT2D eigenvalue weighted by atomic mass is 10.0. The molecule has 0 aromatic heterocycles. The molecule has 1 aliphatic heterocycles. The topological polar surface area (TPSA) is 81.5 Å². The highest BCUT2D eigenvalue weighted by Crippen LogP contribution is 2.35. The standard InChI is InChI=1S/C16H11ClN2O4/c17-10-5-7-11(8-6-10)18-9-14(19(21)22)15-12-3-1-2-4-13(12)16(20)23-15/h1-9,15,18H/b14-9+/t15-/m1/s1. The second-order valence-electron chi connectivity index (χ2n) is 4.85. The molecule has 0 radical (unpaired) electrons. The molecule has 7 heteroatoms. The molecule has 0 saturated heterocycles. The van der Waals surface area contributed by atoms with Gasteiger partial charge in [-0.1, -0.05) is 29.8 Å². The highest BCUT2D eigenvalue weighted by Gasteiger charge is 2.39. The molecule has 0 bridgehead atoms. The molecule has 0 spiro atoms. The van der Waals surface area contributed by atoms with Crippen molar-refractivity contribution in [1.29, 1.82) is 0 Å². The van der Waals surface area contributed by atoms with Crippen molar-refractivity contribution in [1.82, 2.24) is 0 Å². The van der Waals surface area contributed by atoms with Crippen molar-refractivity contribution < 1.29 is 14.5 Å². The van der Waals surface area contributed by atoms with Gasteiger partial charge in [-0.2, -0.15) is 0 Å². The molecular weight excluding hydrogens is 320 g/mol. The Morgan fingerprint density at radius 3 is 2.61 bits per heavy atom. The van der Waals surface area contributed by atoms with E-state index in [0.29, 0.717) is 21.8 Å². The van der Waals surface area contributed by atoms with E-state index in [9.17, 15) is 14.9 Å². The fourth-order valence-corrected chi connectivity index (χ4v) is 2.42. The number of esters is 1. The number of benzene rings is 2. The van der Waals surface area contributed by atoms with Crippen LogP contribution in [-0.4, -0.2) is 10.9 Å². The molecule has 1 N–H and O–H groups in total. The Labute approximate surface area is 136 Å². The van der Waals surface area contributed by atoms with Crippen LogP contribution >= 0.6 is 11.6 Å². The summed E-state index contributed by atoms with van der Waals surface area (Å²) in [6.45, 7) is 0. The number of anilines is 1. The fraction of sp³-hybridized carbons (Fsp3) is 0.0625. The smallest absolute Gasteiger partial charge is 0.339 e. The SMILES string of the molecule is O=C1O[C@@H](/C(=C\Nc2ccc(Cl)cc2)[N+](=O)[O-])c2ccccc21. The summed E-state index contributed by atoms with van der Waals surface area (Å²) < 4.78 is 5.15. The number of carbonyl (C=O) groups excluding carboxylic acids is 1. The first-order chi connectivity index (χ1) is 11.1. The number of nitro groups is 1. The zero-order valence-electron chi connectivity index (χ0n) is 11.7. The Bertz CT molecular complexity index is 802. The van der Waals surface area contributed by atoms with Crippen LogP contribution in [0.3, 0.4) is 0 Å². The number of fused-ring (bicyclic) bond motifs is 1. The van der Waals surface area contributed by atoms with Crippen LogP contribution in [0.4, 0.5) is 5.69 Å². The molecule has 2 aromatic rings. The van der Waals surface area contributed by atoms with Gasteiger partial charge in [-0.15, -0.1) is 0 Å². The van der Waals surface area contributed by atoms with Crippen molar-refractivity contribution in [3.8, 4) is 0 Å². The summed E-state index contributed by atoms with van der Waals surface area (Å²) in [6, 6.07) is 13.3. The van der Waals surface area contributed by atoms with Gasteiger partial charge in [0, 0.05) is 16.3 Å². The molecule has 0 unspecified atom stereocenters. The van der Waals surface area contributed by atoms with Crippen molar-refractivity contribution in [2.24, 2.45) is 0 Å². The molecule has 0 aliphatic carbocycles. The zero-order chi connectivity index (χ0) is 16.4. The molecule has 1 aliphatic rings. The van der Waals surface area contributed by atoms with E-state index in [1.54, 1.807) is 48.5 Å². The van der Waals surface area contributed by atoms with Gasteiger partial charge in [-0.25, -0.2) is 4.79 Å². The lowest BCUT2D eigenvalue weighted by Crippen LogP contribution is -2.12. The minimum absolute atomic E-state index is 0.252. The van der Waals surface area contributed by atoms with Gasteiger partial charge in [-0.05, 0) is 30.3 Å². The summed E-state index contributed by atoms with van der Waals surface area (Å²) in [4.78, 5) is 22.6. The van der Waals surface area contributed by atoms with Gasteiger partial charge < -0.3 is 10.1 Å². The minimum atomic E-state index is -1.03. The molecule has 0 saturated carbocycles. The normalized spacial score (nSPS) is 16.7. The van der Waals surface area contributed by atoms with Crippen LogP contribution in [-0.2, 0) is 4.74 Å². The average Bonchev–Trinajstić information content (AvgIpc) is 2.87. The first-order valence-electron chi connectivity index (χ1n) is 6.73. The predicted molar refractivity (Wildman–Crippen MR) is 84.8 cm³/mol. The van der Waals surface area contributed by atoms with Gasteiger partial charge in [0.15, 0.2) is 0 Å². The second kappa shape index (κ2) is 6.10. The van der Waals surface area contributed by atoms with Gasteiger partial charge in [-0.3, -0.25) is 10.1 Å². The molecule has 0 amide bonds. The van der Waals surface area contributed by atoms with Gasteiger partial charge in [0.05, 0.1) is 16.7 Å². The highest BCUT2D eigenvalue weighted by atomic mass is 35.5. The quantitative estimate of drug-likeness (QED) is 0.524. The predicted octanol–water partition coefficient (Wildman–Crippen LogP) is 3.78. The van der Waals surface area contributed by atoms with Crippen molar-refractivity contribution >= 4 is 23.3 Å². The molecule has 23 heavy (non-hydrogen) atoms. The highest BCUT2D eigenvalue weighted by molar-refractivity contribution is 6.30. The first kappa shape index (κ1) is 15.1.